The van der Waals surface area contributed by atoms with Crippen LogP contribution in [0.5, 0.6) is 5.75 Å². The highest BCUT2D eigenvalue weighted by Gasteiger charge is 2.07. The molecule has 2 heterocycles. The number of nitrogens with zero attached hydrogens (tertiary/aromatic N) is 3. The number of carbonyl (C=O) groups is 1. The van der Waals surface area contributed by atoms with E-state index in [2.05, 4.69) is 15.4 Å². The predicted molar refractivity (Wildman–Crippen MR) is 123 cm³/mol. The molecule has 1 N–H and O–H groups in total. The Kier molecular flexibility index (Phi) is 6.54. The second-order valence-corrected chi connectivity index (χ2v) is 7.93. The van der Waals surface area contributed by atoms with Gasteiger partial charge in [0, 0.05) is 35.1 Å². The second kappa shape index (κ2) is 9.86. The van der Waals surface area contributed by atoms with Crippen molar-refractivity contribution in [3.63, 3.8) is 0 Å². The minimum absolute atomic E-state index is 0.210. The number of aromatic nitrogens is 3. The molecule has 1 amide bonds. The minimum atomic E-state index is -0.210. The molecule has 0 atom stereocenters. The van der Waals surface area contributed by atoms with E-state index >= 15 is 0 Å². The van der Waals surface area contributed by atoms with Crippen LogP contribution in [0, 0.1) is 6.92 Å². The summed E-state index contributed by atoms with van der Waals surface area (Å²) in [7, 11) is 0. The Bertz CT molecular complexity index is 1180. The first kappa shape index (κ1) is 20.6. The molecule has 4 aromatic rings. The Morgan fingerprint density at radius 1 is 1.16 bits per heavy atom. The number of nitrogens with one attached hydrogen (secondary N) is 1. The molecule has 0 fully saturated rings. The first-order valence-electron chi connectivity index (χ1n) is 9.84. The number of thiazole rings is 1. The van der Waals surface area contributed by atoms with Crippen molar-refractivity contribution in [2.24, 2.45) is 0 Å². The molecule has 0 spiro atoms. The van der Waals surface area contributed by atoms with Crippen LogP contribution in [0.4, 0.5) is 5.69 Å². The molecule has 0 aliphatic heterocycles. The van der Waals surface area contributed by atoms with Crippen molar-refractivity contribution < 1.29 is 9.53 Å². The van der Waals surface area contributed by atoms with E-state index < -0.39 is 0 Å². The number of rotatable bonds is 8. The molecule has 0 radical (unpaired) electrons. The number of aryl methyl sites for hydroxylation is 1. The monoisotopic (exact) mass is 430 g/mol. The summed E-state index contributed by atoms with van der Waals surface area (Å²) in [6.45, 7) is 2.94. The molecule has 0 bridgehead atoms. The first-order chi connectivity index (χ1) is 15.2. The van der Waals surface area contributed by atoms with Crippen LogP contribution >= 0.6 is 11.3 Å². The maximum absolute atomic E-state index is 12.6. The molecule has 0 aliphatic rings. The Morgan fingerprint density at radius 3 is 2.81 bits per heavy atom. The van der Waals surface area contributed by atoms with Crippen LogP contribution in [-0.4, -0.2) is 20.7 Å². The van der Waals surface area contributed by atoms with Gasteiger partial charge in [-0.15, -0.1) is 11.3 Å². The van der Waals surface area contributed by atoms with E-state index in [1.54, 1.807) is 23.6 Å². The van der Waals surface area contributed by atoms with Gasteiger partial charge < -0.3 is 10.1 Å². The Hall–Kier alpha value is -3.71. The van der Waals surface area contributed by atoms with Gasteiger partial charge in [-0.05, 0) is 36.8 Å². The van der Waals surface area contributed by atoms with Gasteiger partial charge in [-0.25, -0.2) is 4.98 Å². The highest BCUT2D eigenvalue weighted by atomic mass is 32.1. The van der Waals surface area contributed by atoms with Crippen LogP contribution < -0.4 is 10.1 Å². The molecule has 0 aliphatic carbocycles. The molecule has 0 saturated carbocycles. The zero-order valence-corrected chi connectivity index (χ0v) is 17.9. The van der Waals surface area contributed by atoms with E-state index in [-0.39, 0.29) is 5.91 Å². The lowest BCUT2D eigenvalue weighted by molar-refractivity contribution is -0.111. The van der Waals surface area contributed by atoms with E-state index in [1.807, 2.05) is 77.8 Å². The highest BCUT2D eigenvalue weighted by Crippen LogP contribution is 2.22. The fourth-order valence-electron chi connectivity index (χ4n) is 3.06. The Balaban J connectivity index is 1.42. The summed E-state index contributed by atoms with van der Waals surface area (Å²) in [5, 5.41) is 10.2. The van der Waals surface area contributed by atoms with Crippen LogP contribution in [0.25, 0.3) is 6.08 Å². The summed E-state index contributed by atoms with van der Waals surface area (Å²) in [5.41, 5.74) is 3.47. The number of benzene rings is 2. The predicted octanol–water partition coefficient (Wildman–Crippen LogP) is 4.93. The molecule has 156 valence electrons. The molecule has 31 heavy (non-hydrogen) atoms. The van der Waals surface area contributed by atoms with E-state index in [0.717, 1.165) is 27.5 Å². The summed E-state index contributed by atoms with van der Waals surface area (Å²) in [6, 6.07) is 17.2. The third-order valence-corrected chi connectivity index (χ3v) is 5.36. The van der Waals surface area contributed by atoms with E-state index in [1.165, 1.54) is 6.08 Å². The van der Waals surface area contributed by atoms with Gasteiger partial charge in [0.05, 0.1) is 17.2 Å². The van der Waals surface area contributed by atoms with Crippen LogP contribution in [0.15, 0.2) is 78.4 Å². The maximum atomic E-state index is 12.6. The van der Waals surface area contributed by atoms with Gasteiger partial charge in [-0.3, -0.25) is 9.48 Å². The van der Waals surface area contributed by atoms with Gasteiger partial charge in [-0.2, -0.15) is 5.10 Å². The first-order valence-corrected chi connectivity index (χ1v) is 10.7. The summed E-state index contributed by atoms with van der Waals surface area (Å²) in [5.74, 6) is 0.495. The third kappa shape index (κ3) is 5.67. The summed E-state index contributed by atoms with van der Waals surface area (Å²) in [4.78, 5) is 17.0. The highest BCUT2D eigenvalue weighted by molar-refractivity contribution is 7.09. The van der Waals surface area contributed by atoms with Crippen molar-refractivity contribution in [3.8, 4) is 5.75 Å². The van der Waals surface area contributed by atoms with Crippen molar-refractivity contribution >= 4 is 29.0 Å². The van der Waals surface area contributed by atoms with E-state index in [4.69, 9.17) is 4.74 Å². The number of amides is 1. The number of para-hydroxylation sites is 2. The van der Waals surface area contributed by atoms with E-state index in [9.17, 15) is 4.79 Å². The zero-order chi connectivity index (χ0) is 21.5. The number of anilines is 1. The summed E-state index contributed by atoms with van der Waals surface area (Å²) >= 11 is 1.60. The van der Waals surface area contributed by atoms with Gasteiger partial charge in [0.25, 0.3) is 0 Å². The Morgan fingerprint density at radius 2 is 2.00 bits per heavy atom. The molecule has 2 aromatic carbocycles. The lowest BCUT2D eigenvalue weighted by Crippen LogP contribution is -2.11. The van der Waals surface area contributed by atoms with E-state index in [0.29, 0.717) is 18.9 Å². The Labute approximate surface area is 184 Å². The average molecular weight is 431 g/mol. The maximum Gasteiger partial charge on any atom is 0.248 e. The van der Waals surface area contributed by atoms with Crippen molar-refractivity contribution in [3.05, 3.63) is 100 Å². The van der Waals surface area contributed by atoms with Crippen LogP contribution in [-0.2, 0) is 17.9 Å². The zero-order valence-electron chi connectivity index (χ0n) is 17.1. The summed E-state index contributed by atoms with van der Waals surface area (Å²) < 4.78 is 7.73. The lowest BCUT2D eigenvalue weighted by Gasteiger charge is -2.10. The third-order valence-electron chi connectivity index (χ3n) is 4.54. The standard InChI is InChI=1S/C24H22N4O2S/c1-18-26-21(17-31-18)16-30-23-10-5-3-7-19(23)11-12-24(29)27-22-9-4-2-8-20(22)15-28-14-6-13-25-28/h2-14,17H,15-16H2,1H3,(H,27,29)/b12-11+. The topological polar surface area (TPSA) is 69.0 Å². The molecule has 4 rings (SSSR count). The van der Waals surface area contributed by atoms with Gasteiger partial charge in [0.15, 0.2) is 0 Å². The number of carbonyl (C=O) groups excluding carboxylic acids is 1. The normalized spacial score (nSPS) is 11.0. The number of ether oxygens (including phenoxy) is 1. The largest absolute Gasteiger partial charge is 0.487 e. The summed E-state index contributed by atoms with van der Waals surface area (Å²) in [6.07, 6.45) is 6.90. The van der Waals surface area contributed by atoms with Gasteiger partial charge >= 0.3 is 0 Å². The minimum Gasteiger partial charge on any atom is -0.487 e. The van der Waals surface area contributed by atoms with Crippen LogP contribution in [0.3, 0.4) is 0 Å². The lowest BCUT2D eigenvalue weighted by atomic mass is 10.1. The molecular formula is C24H22N4O2S. The number of hydrogen-bond donors (Lipinski definition) is 1. The molecule has 0 unspecified atom stereocenters. The number of hydrogen-bond acceptors (Lipinski definition) is 5. The fourth-order valence-corrected chi connectivity index (χ4v) is 3.66. The van der Waals surface area contributed by atoms with Crippen molar-refractivity contribution in [2.75, 3.05) is 5.32 Å². The second-order valence-electron chi connectivity index (χ2n) is 6.87. The fraction of sp³-hybridized carbons (Fsp3) is 0.125. The average Bonchev–Trinajstić information content (AvgIpc) is 3.44. The molecular weight excluding hydrogens is 408 g/mol. The SMILES string of the molecule is Cc1nc(COc2ccccc2/C=C/C(=O)Nc2ccccc2Cn2cccn2)cs1. The smallest absolute Gasteiger partial charge is 0.248 e. The van der Waals surface area contributed by atoms with Crippen LogP contribution in [0.2, 0.25) is 0 Å². The van der Waals surface area contributed by atoms with Gasteiger partial charge in [-0.1, -0.05) is 36.4 Å². The van der Waals surface area contributed by atoms with Crippen molar-refractivity contribution in [2.45, 2.75) is 20.1 Å². The molecule has 0 saturated heterocycles. The van der Waals surface area contributed by atoms with Gasteiger partial charge in [0.2, 0.25) is 5.91 Å². The molecule has 6 nitrogen and oxygen atoms in total. The van der Waals surface area contributed by atoms with Crippen molar-refractivity contribution in [1.82, 2.24) is 14.8 Å². The van der Waals surface area contributed by atoms with Crippen molar-refractivity contribution in [1.29, 1.82) is 0 Å². The molecule has 7 heteroatoms. The molecule has 2 aromatic heterocycles. The van der Waals surface area contributed by atoms with Gasteiger partial charge in [0.1, 0.15) is 12.4 Å². The quantitative estimate of drug-likeness (QED) is 0.403. The van der Waals surface area contributed by atoms with Crippen LogP contribution in [0.1, 0.15) is 21.8 Å².